The normalized spacial score (nSPS) is 10.7. The lowest BCUT2D eigenvalue weighted by Gasteiger charge is -2.00. The molecule has 0 aliphatic rings. The maximum absolute atomic E-state index is 5.81. The van der Waals surface area contributed by atoms with E-state index in [0.29, 0.717) is 23.1 Å². The number of nitrogens with two attached hydrogens (primary N) is 1. The van der Waals surface area contributed by atoms with Crippen molar-refractivity contribution < 1.29 is 4.52 Å². The molecule has 0 unspecified atom stereocenters. The third-order valence-corrected chi connectivity index (χ3v) is 3.26. The fourth-order valence-corrected chi connectivity index (χ4v) is 1.93. The summed E-state index contributed by atoms with van der Waals surface area (Å²) in [5, 5.41) is 4.01. The van der Waals surface area contributed by atoms with Crippen LogP contribution in [0.15, 0.2) is 41.1 Å². The van der Waals surface area contributed by atoms with Gasteiger partial charge in [-0.15, -0.1) is 0 Å². The molecule has 100 valence electrons. The first-order valence-electron chi connectivity index (χ1n) is 6.27. The van der Waals surface area contributed by atoms with Gasteiger partial charge in [-0.1, -0.05) is 17.3 Å². The smallest absolute Gasteiger partial charge is 0.261 e. The molecule has 2 aromatic heterocycles. The van der Waals surface area contributed by atoms with Gasteiger partial charge in [-0.05, 0) is 43.2 Å². The van der Waals surface area contributed by atoms with Crippen LogP contribution in [0.3, 0.4) is 0 Å². The Morgan fingerprint density at radius 3 is 2.70 bits per heavy atom. The molecule has 0 spiro atoms. The molecule has 0 atom stereocenters. The molecule has 0 saturated heterocycles. The van der Waals surface area contributed by atoms with Crippen molar-refractivity contribution in [1.82, 2.24) is 15.1 Å². The van der Waals surface area contributed by atoms with Gasteiger partial charge in [0.25, 0.3) is 5.89 Å². The largest absolute Gasteiger partial charge is 0.383 e. The Labute approximate surface area is 116 Å². The molecule has 2 N–H and O–H groups in total. The first-order chi connectivity index (χ1) is 9.65. The molecule has 0 radical (unpaired) electrons. The number of nitrogen functional groups attached to an aromatic ring is 1. The fraction of sp³-hybridized carbons (Fsp3) is 0.133. The van der Waals surface area contributed by atoms with Crippen LogP contribution in [0.25, 0.3) is 22.8 Å². The summed E-state index contributed by atoms with van der Waals surface area (Å²) < 4.78 is 5.27. The number of nitrogens with zero attached hydrogens (tertiary/aromatic N) is 3. The minimum Gasteiger partial charge on any atom is -0.383 e. The van der Waals surface area contributed by atoms with Gasteiger partial charge in [-0.2, -0.15) is 4.98 Å². The van der Waals surface area contributed by atoms with Crippen LogP contribution >= 0.6 is 0 Å². The molecule has 1 aromatic carbocycles. The summed E-state index contributed by atoms with van der Waals surface area (Å²) in [4.78, 5) is 8.40. The van der Waals surface area contributed by atoms with Gasteiger partial charge in [0.1, 0.15) is 5.82 Å². The number of hydrogen-bond donors (Lipinski definition) is 1. The predicted molar refractivity (Wildman–Crippen MR) is 76.9 cm³/mol. The highest BCUT2D eigenvalue weighted by molar-refractivity contribution is 5.68. The van der Waals surface area contributed by atoms with Crippen LogP contribution in [0.4, 0.5) is 5.82 Å². The Balaban J connectivity index is 2.02. The van der Waals surface area contributed by atoms with Crippen molar-refractivity contribution in [2.45, 2.75) is 13.8 Å². The highest BCUT2D eigenvalue weighted by atomic mass is 16.5. The van der Waals surface area contributed by atoms with Gasteiger partial charge in [0.05, 0.1) is 5.56 Å². The molecule has 5 heteroatoms. The first kappa shape index (κ1) is 12.3. The summed E-state index contributed by atoms with van der Waals surface area (Å²) in [6.07, 6.45) is 1.62. The van der Waals surface area contributed by atoms with Crippen molar-refractivity contribution in [3.05, 3.63) is 47.7 Å². The molecule has 0 aliphatic heterocycles. The summed E-state index contributed by atoms with van der Waals surface area (Å²) in [6, 6.07) is 9.64. The predicted octanol–water partition coefficient (Wildman–Crippen LogP) is 3.00. The highest BCUT2D eigenvalue weighted by Gasteiger charge is 2.13. The Kier molecular flexibility index (Phi) is 2.95. The molecule has 3 aromatic rings. The molecular weight excluding hydrogens is 252 g/mol. The van der Waals surface area contributed by atoms with Crippen molar-refractivity contribution >= 4 is 5.82 Å². The van der Waals surface area contributed by atoms with E-state index < -0.39 is 0 Å². The van der Waals surface area contributed by atoms with Crippen LogP contribution < -0.4 is 5.73 Å². The lowest BCUT2D eigenvalue weighted by molar-refractivity contribution is 0.432. The number of anilines is 1. The van der Waals surface area contributed by atoms with E-state index in [1.807, 2.05) is 18.2 Å². The van der Waals surface area contributed by atoms with Crippen molar-refractivity contribution in [2.75, 3.05) is 5.73 Å². The number of aryl methyl sites for hydroxylation is 2. The third-order valence-electron chi connectivity index (χ3n) is 3.26. The third kappa shape index (κ3) is 2.14. The summed E-state index contributed by atoms with van der Waals surface area (Å²) >= 11 is 0. The number of pyridine rings is 1. The highest BCUT2D eigenvalue weighted by Crippen LogP contribution is 2.25. The second kappa shape index (κ2) is 4.77. The molecule has 3 rings (SSSR count). The van der Waals surface area contributed by atoms with Crippen molar-refractivity contribution in [3.8, 4) is 22.8 Å². The summed E-state index contributed by atoms with van der Waals surface area (Å²) in [5.74, 6) is 1.30. The van der Waals surface area contributed by atoms with Crippen LogP contribution in [-0.4, -0.2) is 15.1 Å². The van der Waals surface area contributed by atoms with E-state index in [9.17, 15) is 0 Å². The van der Waals surface area contributed by atoms with Gasteiger partial charge in [0, 0.05) is 11.8 Å². The van der Waals surface area contributed by atoms with Crippen LogP contribution in [0.2, 0.25) is 0 Å². The maximum Gasteiger partial charge on any atom is 0.261 e. The molecule has 0 saturated carbocycles. The minimum atomic E-state index is 0.378. The van der Waals surface area contributed by atoms with E-state index in [1.54, 1.807) is 18.3 Å². The molecule has 2 heterocycles. The van der Waals surface area contributed by atoms with E-state index in [0.717, 1.165) is 5.56 Å². The monoisotopic (exact) mass is 266 g/mol. The summed E-state index contributed by atoms with van der Waals surface area (Å²) in [7, 11) is 0. The SMILES string of the molecule is Cc1ccc(-c2noc(-c3cccnc3N)n2)cc1C. The van der Waals surface area contributed by atoms with Gasteiger partial charge < -0.3 is 10.3 Å². The fourth-order valence-electron chi connectivity index (χ4n) is 1.93. The summed E-state index contributed by atoms with van der Waals surface area (Å²) in [6.45, 7) is 4.12. The van der Waals surface area contributed by atoms with Crippen LogP contribution in [0.5, 0.6) is 0 Å². The molecule has 0 bridgehead atoms. The lowest BCUT2D eigenvalue weighted by Crippen LogP contribution is -1.93. The van der Waals surface area contributed by atoms with Gasteiger partial charge in [0.2, 0.25) is 5.82 Å². The quantitative estimate of drug-likeness (QED) is 0.771. The van der Waals surface area contributed by atoms with Crippen molar-refractivity contribution in [2.24, 2.45) is 0 Å². The topological polar surface area (TPSA) is 77.8 Å². The number of rotatable bonds is 2. The van der Waals surface area contributed by atoms with E-state index in [-0.39, 0.29) is 0 Å². The molecule has 0 fully saturated rings. The van der Waals surface area contributed by atoms with E-state index >= 15 is 0 Å². The van der Waals surface area contributed by atoms with Gasteiger partial charge in [0.15, 0.2) is 0 Å². The van der Waals surface area contributed by atoms with Gasteiger partial charge in [-0.25, -0.2) is 4.98 Å². The van der Waals surface area contributed by atoms with Crippen molar-refractivity contribution in [3.63, 3.8) is 0 Å². The van der Waals surface area contributed by atoms with E-state index in [2.05, 4.69) is 29.0 Å². The van der Waals surface area contributed by atoms with E-state index in [1.165, 1.54) is 11.1 Å². The Morgan fingerprint density at radius 2 is 1.95 bits per heavy atom. The van der Waals surface area contributed by atoms with E-state index in [4.69, 9.17) is 10.3 Å². The first-order valence-corrected chi connectivity index (χ1v) is 6.27. The summed E-state index contributed by atoms with van der Waals surface area (Å²) in [5.41, 5.74) is 9.80. The number of hydrogen-bond acceptors (Lipinski definition) is 5. The average molecular weight is 266 g/mol. The molecule has 20 heavy (non-hydrogen) atoms. The number of benzene rings is 1. The van der Waals surface area contributed by atoms with Crippen molar-refractivity contribution in [1.29, 1.82) is 0 Å². The standard InChI is InChI=1S/C15H14N4O/c1-9-5-6-11(8-10(9)2)14-18-15(20-19-14)12-4-3-7-17-13(12)16/h3-8H,1-2H3,(H2,16,17). The van der Waals surface area contributed by atoms with Gasteiger partial charge in [-0.3, -0.25) is 0 Å². The van der Waals surface area contributed by atoms with Gasteiger partial charge >= 0.3 is 0 Å². The zero-order chi connectivity index (χ0) is 14.1. The van der Waals surface area contributed by atoms with Crippen LogP contribution in [0.1, 0.15) is 11.1 Å². The Morgan fingerprint density at radius 1 is 1.10 bits per heavy atom. The average Bonchev–Trinajstić information content (AvgIpc) is 2.92. The second-order valence-electron chi connectivity index (χ2n) is 4.66. The zero-order valence-electron chi connectivity index (χ0n) is 11.3. The Hall–Kier alpha value is -2.69. The zero-order valence-corrected chi connectivity index (χ0v) is 11.3. The molecule has 0 aliphatic carbocycles. The molecule has 5 nitrogen and oxygen atoms in total. The second-order valence-corrected chi connectivity index (χ2v) is 4.66. The maximum atomic E-state index is 5.81. The molecular formula is C15H14N4O. The van der Waals surface area contributed by atoms with Crippen LogP contribution in [0, 0.1) is 13.8 Å². The molecule has 0 amide bonds. The lowest BCUT2D eigenvalue weighted by atomic mass is 10.1. The number of aromatic nitrogens is 3. The Bertz CT molecular complexity index is 764. The minimum absolute atomic E-state index is 0.378. The van der Waals surface area contributed by atoms with Crippen LogP contribution in [-0.2, 0) is 0 Å².